The number of hydrogen-bond acceptors (Lipinski definition) is 3. The fourth-order valence-electron chi connectivity index (χ4n) is 2.11. The maximum absolute atomic E-state index is 11.3. The van der Waals surface area contributed by atoms with Crippen LogP contribution in [0.5, 0.6) is 0 Å². The lowest BCUT2D eigenvalue weighted by Gasteiger charge is -2.24. The lowest BCUT2D eigenvalue weighted by Crippen LogP contribution is -2.19. The summed E-state index contributed by atoms with van der Waals surface area (Å²) in [6.07, 6.45) is 6.21. The molecule has 0 aromatic heterocycles. The number of rotatable bonds is 5. The van der Waals surface area contributed by atoms with Crippen LogP contribution in [-0.4, -0.2) is 18.6 Å². The third kappa shape index (κ3) is 3.58. The lowest BCUT2D eigenvalue weighted by atomic mass is 9.80. The van der Waals surface area contributed by atoms with Gasteiger partial charge in [-0.15, -0.1) is 0 Å². The van der Waals surface area contributed by atoms with Crippen LogP contribution in [0.1, 0.15) is 38.5 Å². The minimum atomic E-state index is 0.246. The maximum atomic E-state index is 11.3. The van der Waals surface area contributed by atoms with Crippen molar-refractivity contribution in [2.24, 2.45) is 17.6 Å². The van der Waals surface area contributed by atoms with Crippen molar-refractivity contribution in [1.29, 1.82) is 0 Å². The van der Waals surface area contributed by atoms with E-state index in [4.69, 9.17) is 5.73 Å². The highest BCUT2D eigenvalue weighted by atomic mass is 16.1. The number of ketones is 1. The summed E-state index contributed by atoms with van der Waals surface area (Å²) in [5.74, 6) is 1.03. The molecule has 14 heavy (non-hydrogen) atoms. The molecule has 80 valence electrons. The van der Waals surface area contributed by atoms with Gasteiger partial charge in [-0.05, 0) is 38.1 Å². The first kappa shape index (κ1) is 11.4. The molecule has 0 spiro atoms. The van der Waals surface area contributed by atoms with Crippen molar-refractivity contribution in [3.63, 3.8) is 0 Å². The van der Waals surface area contributed by atoms with Crippen molar-refractivity contribution < 1.29 is 9.59 Å². The van der Waals surface area contributed by atoms with Crippen LogP contribution in [0.3, 0.4) is 0 Å². The quantitative estimate of drug-likeness (QED) is 0.676. The maximum Gasteiger partial charge on any atom is 0.134 e. The average molecular weight is 197 g/mol. The summed E-state index contributed by atoms with van der Waals surface area (Å²) in [7, 11) is 0. The topological polar surface area (TPSA) is 60.2 Å². The zero-order chi connectivity index (χ0) is 10.4. The Kier molecular flexibility index (Phi) is 4.80. The highest BCUT2D eigenvalue weighted by molar-refractivity contribution is 5.78. The van der Waals surface area contributed by atoms with Gasteiger partial charge in [-0.25, -0.2) is 0 Å². The van der Waals surface area contributed by atoms with Gasteiger partial charge in [-0.3, -0.25) is 4.79 Å². The first-order valence-electron chi connectivity index (χ1n) is 5.43. The standard InChI is InChI=1S/C11H19NO2/c12-6-5-11(14)7-9-1-3-10(8-13)4-2-9/h8-10H,1-7,12H2. The van der Waals surface area contributed by atoms with Crippen LogP contribution in [0.25, 0.3) is 0 Å². The van der Waals surface area contributed by atoms with Gasteiger partial charge in [0.25, 0.3) is 0 Å². The van der Waals surface area contributed by atoms with Crippen molar-refractivity contribution in [3.05, 3.63) is 0 Å². The van der Waals surface area contributed by atoms with Gasteiger partial charge in [-0.1, -0.05) is 0 Å². The third-order valence-corrected chi connectivity index (χ3v) is 3.02. The summed E-state index contributed by atoms with van der Waals surface area (Å²) in [4.78, 5) is 21.8. The monoisotopic (exact) mass is 197 g/mol. The molecular weight excluding hydrogens is 178 g/mol. The molecule has 3 heteroatoms. The summed E-state index contributed by atoms with van der Waals surface area (Å²) in [6.45, 7) is 0.461. The Morgan fingerprint density at radius 3 is 2.43 bits per heavy atom. The van der Waals surface area contributed by atoms with Crippen LogP contribution in [-0.2, 0) is 9.59 Å². The summed E-state index contributed by atoms with van der Waals surface area (Å²) in [5.41, 5.74) is 5.31. The van der Waals surface area contributed by atoms with Gasteiger partial charge < -0.3 is 10.5 Å². The SMILES string of the molecule is NCCC(=O)CC1CCC(C=O)CC1. The molecule has 1 aliphatic carbocycles. The molecule has 0 aromatic rings. The molecule has 1 fully saturated rings. The Morgan fingerprint density at radius 2 is 1.93 bits per heavy atom. The normalized spacial score (nSPS) is 27.2. The Hall–Kier alpha value is -0.700. The third-order valence-electron chi connectivity index (χ3n) is 3.02. The molecule has 0 amide bonds. The van der Waals surface area contributed by atoms with E-state index in [-0.39, 0.29) is 11.7 Å². The van der Waals surface area contributed by atoms with Crippen LogP contribution >= 0.6 is 0 Å². The van der Waals surface area contributed by atoms with Crippen LogP contribution in [0.15, 0.2) is 0 Å². The molecule has 1 rings (SSSR count). The Morgan fingerprint density at radius 1 is 1.29 bits per heavy atom. The van der Waals surface area contributed by atoms with Gasteiger partial charge in [0.2, 0.25) is 0 Å². The highest BCUT2D eigenvalue weighted by Crippen LogP contribution is 2.29. The molecule has 0 aliphatic heterocycles. The lowest BCUT2D eigenvalue weighted by molar-refractivity contribution is -0.120. The van der Waals surface area contributed by atoms with E-state index in [1.165, 1.54) is 0 Å². The van der Waals surface area contributed by atoms with Crippen molar-refractivity contribution >= 4 is 12.1 Å². The predicted octanol–water partition coefficient (Wildman–Crippen LogP) is 1.30. The van der Waals surface area contributed by atoms with E-state index < -0.39 is 0 Å². The Balaban J connectivity index is 2.21. The van der Waals surface area contributed by atoms with Crippen LogP contribution in [0.2, 0.25) is 0 Å². The molecule has 1 aliphatic rings. The summed E-state index contributed by atoms with van der Waals surface area (Å²) in [5, 5.41) is 0. The smallest absolute Gasteiger partial charge is 0.134 e. The number of nitrogens with two attached hydrogens (primary N) is 1. The largest absolute Gasteiger partial charge is 0.330 e. The second kappa shape index (κ2) is 5.91. The second-order valence-corrected chi connectivity index (χ2v) is 4.20. The van der Waals surface area contributed by atoms with E-state index in [0.29, 0.717) is 25.3 Å². The Bertz CT molecular complexity index is 195. The van der Waals surface area contributed by atoms with E-state index in [0.717, 1.165) is 32.0 Å². The van der Waals surface area contributed by atoms with E-state index in [1.54, 1.807) is 0 Å². The summed E-state index contributed by atoms with van der Waals surface area (Å²) < 4.78 is 0. The minimum Gasteiger partial charge on any atom is -0.330 e. The van der Waals surface area contributed by atoms with Gasteiger partial charge >= 0.3 is 0 Å². The van der Waals surface area contributed by atoms with Crippen LogP contribution in [0, 0.1) is 11.8 Å². The number of Topliss-reactive ketones (excluding diaryl/α,β-unsaturated/α-hetero) is 1. The minimum absolute atomic E-state index is 0.246. The summed E-state index contributed by atoms with van der Waals surface area (Å²) >= 11 is 0. The Labute approximate surface area is 85.0 Å². The van der Waals surface area contributed by atoms with Gasteiger partial charge in [-0.2, -0.15) is 0 Å². The molecule has 0 heterocycles. The molecule has 1 saturated carbocycles. The number of hydrogen-bond donors (Lipinski definition) is 1. The average Bonchev–Trinajstić information content (AvgIpc) is 2.19. The number of carbonyl (C=O) groups is 2. The van der Waals surface area contributed by atoms with Crippen LogP contribution < -0.4 is 5.73 Å². The van der Waals surface area contributed by atoms with Crippen molar-refractivity contribution in [3.8, 4) is 0 Å². The first-order chi connectivity index (χ1) is 6.76. The fraction of sp³-hybridized carbons (Fsp3) is 0.818. The zero-order valence-corrected chi connectivity index (χ0v) is 8.58. The van der Waals surface area contributed by atoms with E-state index in [2.05, 4.69) is 0 Å². The summed E-state index contributed by atoms with van der Waals surface area (Å²) in [6, 6.07) is 0. The van der Waals surface area contributed by atoms with Gasteiger partial charge in [0.1, 0.15) is 12.1 Å². The molecule has 0 radical (unpaired) electrons. The number of carbonyl (C=O) groups excluding carboxylic acids is 2. The van der Waals surface area contributed by atoms with Crippen molar-refractivity contribution in [2.45, 2.75) is 38.5 Å². The van der Waals surface area contributed by atoms with Crippen molar-refractivity contribution in [1.82, 2.24) is 0 Å². The molecule has 0 unspecified atom stereocenters. The molecule has 3 nitrogen and oxygen atoms in total. The van der Waals surface area contributed by atoms with Crippen molar-refractivity contribution in [2.75, 3.05) is 6.54 Å². The first-order valence-corrected chi connectivity index (χ1v) is 5.43. The second-order valence-electron chi connectivity index (χ2n) is 4.20. The fourth-order valence-corrected chi connectivity index (χ4v) is 2.11. The molecule has 0 saturated heterocycles. The molecule has 2 N–H and O–H groups in total. The molecule has 0 atom stereocenters. The van der Waals surface area contributed by atoms with Crippen LogP contribution in [0.4, 0.5) is 0 Å². The molecular formula is C11H19NO2. The molecule has 0 aromatic carbocycles. The van der Waals surface area contributed by atoms with E-state index in [9.17, 15) is 9.59 Å². The zero-order valence-electron chi connectivity index (χ0n) is 8.58. The molecule has 0 bridgehead atoms. The van der Waals surface area contributed by atoms with E-state index in [1.807, 2.05) is 0 Å². The van der Waals surface area contributed by atoms with Gasteiger partial charge in [0.15, 0.2) is 0 Å². The van der Waals surface area contributed by atoms with Gasteiger partial charge in [0.05, 0.1) is 0 Å². The van der Waals surface area contributed by atoms with E-state index >= 15 is 0 Å². The highest BCUT2D eigenvalue weighted by Gasteiger charge is 2.22. The predicted molar refractivity (Wildman–Crippen MR) is 54.8 cm³/mol. The van der Waals surface area contributed by atoms with Gasteiger partial charge in [0, 0.05) is 18.8 Å². The number of aldehydes is 1.